The molecule has 3 amide bonds. The lowest BCUT2D eigenvalue weighted by Crippen LogP contribution is -2.35. The molecule has 0 N–H and O–H groups in total. The van der Waals surface area contributed by atoms with Crippen molar-refractivity contribution in [2.75, 3.05) is 25.6 Å². The third-order valence-electron chi connectivity index (χ3n) is 5.18. The van der Waals surface area contributed by atoms with Crippen LogP contribution in [0.3, 0.4) is 0 Å². The summed E-state index contributed by atoms with van der Waals surface area (Å²) in [5.74, 6) is -1.13. The zero-order valence-electron chi connectivity index (χ0n) is 17.6. The van der Waals surface area contributed by atoms with E-state index < -0.39 is 33.6 Å². The number of amides is 3. The first kappa shape index (κ1) is 22.9. The van der Waals surface area contributed by atoms with Gasteiger partial charge in [0.15, 0.2) is 5.82 Å². The summed E-state index contributed by atoms with van der Waals surface area (Å²) < 4.78 is 63.7. The fourth-order valence-corrected chi connectivity index (χ4v) is 3.77. The van der Waals surface area contributed by atoms with Crippen LogP contribution in [0.1, 0.15) is 30.1 Å². The molecule has 0 radical (unpaired) electrons. The molecule has 2 aromatic rings. The average molecular weight is 484 g/mol. The van der Waals surface area contributed by atoms with Gasteiger partial charge in [0.1, 0.15) is 27.6 Å². The highest BCUT2D eigenvalue weighted by atomic mass is 32.2. The normalized spacial score (nSPS) is 18.6. The van der Waals surface area contributed by atoms with E-state index >= 15 is 0 Å². The van der Waals surface area contributed by atoms with Crippen LogP contribution in [-0.2, 0) is 20.8 Å². The van der Waals surface area contributed by atoms with E-state index in [1.807, 2.05) is 0 Å². The molecular formula is C19H19F3N6O4S. The average Bonchev–Trinajstić information content (AvgIpc) is 3.43. The van der Waals surface area contributed by atoms with Gasteiger partial charge in [-0.15, -0.1) is 5.10 Å². The molecule has 10 nitrogen and oxygen atoms in total. The van der Waals surface area contributed by atoms with Gasteiger partial charge in [0.05, 0.1) is 12.0 Å². The molecule has 0 spiro atoms. The van der Waals surface area contributed by atoms with Crippen LogP contribution in [0.4, 0.5) is 18.0 Å². The summed E-state index contributed by atoms with van der Waals surface area (Å²) in [7, 11) is -2.06. The Hall–Kier alpha value is -3.29. The van der Waals surface area contributed by atoms with Crippen LogP contribution in [0.25, 0.3) is 17.6 Å². The van der Waals surface area contributed by atoms with E-state index in [1.54, 1.807) is 0 Å². The number of hydrogen-bond donors (Lipinski definition) is 0. The second-order valence-corrected chi connectivity index (χ2v) is 10.2. The maximum absolute atomic E-state index is 13.3. The summed E-state index contributed by atoms with van der Waals surface area (Å²) in [6.07, 6.45) is 0.287. The fourth-order valence-electron chi connectivity index (χ4n) is 3.26. The van der Waals surface area contributed by atoms with Gasteiger partial charge in [-0.3, -0.25) is 14.6 Å². The Morgan fingerprint density at radius 2 is 1.91 bits per heavy atom. The molecule has 2 fully saturated rings. The van der Waals surface area contributed by atoms with E-state index in [0.717, 1.165) is 39.6 Å². The van der Waals surface area contributed by atoms with Gasteiger partial charge < -0.3 is 0 Å². The number of carbonyl (C=O) groups is 2. The lowest BCUT2D eigenvalue weighted by atomic mass is 10.1. The van der Waals surface area contributed by atoms with Crippen LogP contribution in [-0.4, -0.2) is 75.5 Å². The molecule has 1 saturated carbocycles. The monoisotopic (exact) mass is 484 g/mol. The van der Waals surface area contributed by atoms with Crippen LogP contribution in [0, 0.1) is 0 Å². The fraction of sp³-hybridized carbons (Fsp3) is 0.421. The van der Waals surface area contributed by atoms with Crippen LogP contribution < -0.4 is 0 Å². The minimum absolute atomic E-state index is 0.00462. The first-order chi connectivity index (χ1) is 15.3. The maximum atomic E-state index is 13.3. The Bertz CT molecular complexity index is 1270. The quantitative estimate of drug-likeness (QED) is 0.454. The Morgan fingerprint density at radius 3 is 2.52 bits per heavy atom. The summed E-state index contributed by atoms with van der Waals surface area (Å²) in [6.45, 7) is -0.304. The number of likely N-dealkylation sites (N-methyl/N-ethyl adjacent to an activating group) is 1. The SMILES string of the molecule is CN1C(=O)N(CCS(C)(=O)=O)C(=O)/C1=C/n1cnc(-c2cc(C3CC3)nc(C(F)(F)F)c2)n1. The maximum Gasteiger partial charge on any atom is 0.433 e. The molecule has 0 atom stereocenters. The number of pyridine rings is 1. The Balaban J connectivity index is 1.62. The van der Waals surface area contributed by atoms with Crippen molar-refractivity contribution in [1.29, 1.82) is 0 Å². The molecule has 176 valence electrons. The molecule has 0 bridgehead atoms. The number of hydrogen-bond acceptors (Lipinski definition) is 7. The summed E-state index contributed by atoms with van der Waals surface area (Å²) >= 11 is 0. The highest BCUT2D eigenvalue weighted by molar-refractivity contribution is 7.90. The third-order valence-corrected chi connectivity index (χ3v) is 6.11. The molecule has 4 rings (SSSR count). The number of carbonyl (C=O) groups excluding carboxylic acids is 2. The summed E-state index contributed by atoms with van der Waals surface area (Å²) in [5.41, 5.74) is -0.663. The van der Waals surface area contributed by atoms with Gasteiger partial charge in [-0.2, -0.15) is 13.2 Å². The van der Waals surface area contributed by atoms with Crippen molar-refractivity contribution in [3.63, 3.8) is 0 Å². The van der Waals surface area contributed by atoms with Crippen molar-refractivity contribution in [1.82, 2.24) is 29.5 Å². The zero-order valence-corrected chi connectivity index (χ0v) is 18.4. The number of rotatable bonds is 6. The zero-order chi connectivity index (χ0) is 24.1. The molecule has 1 saturated heterocycles. The number of imide groups is 1. The first-order valence-electron chi connectivity index (χ1n) is 9.83. The number of halogens is 3. The summed E-state index contributed by atoms with van der Waals surface area (Å²) in [5, 5.41) is 4.12. The van der Waals surface area contributed by atoms with Crippen molar-refractivity contribution >= 4 is 28.0 Å². The van der Waals surface area contributed by atoms with Gasteiger partial charge in [-0.1, -0.05) is 0 Å². The van der Waals surface area contributed by atoms with Crippen LogP contribution in [0.15, 0.2) is 24.2 Å². The minimum atomic E-state index is -4.63. The number of sulfone groups is 1. The second-order valence-electron chi connectivity index (χ2n) is 7.93. The lowest BCUT2D eigenvalue weighted by molar-refractivity contribution is -0.141. The molecular weight excluding hydrogens is 465 g/mol. The van der Waals surface area contributed by atoms with Gasteiger partial charge >= 0.3 is 12.2 Å². The highest BCUT2D eigenvalue weighted by Crippen LogP contribution is 2.41. The van der Waals surface area contributed by atoms with E-state index in [2.05, 4.69) is 15.1 Å². The van der Waals surface area contributed by atoms with E-state index in [-0.39, 0.29) is 35.3 Å². The minimum Gasteiger partial charge on any atom is -0.291 e. The molecule has 1 aliphatic heterocycles. The molecule has 0 aromatic carbocycles. The molecule has 1 aliphatic carbocycles. The van der Waals surface area contributed by atoms with E-state index in [9.17, 15) is 31.2 Å². The van der Waals surface area contributed by atoms with Crippen LogP contribution >= 0.6 is 0 Å². The van der Waals surface area contributed by atoms with Crippen molar-refractivity contribution in [3.05, 3.63) is 35.5 Å². The topological polar surface area (TPSA) is 118 Å². The van der Waals surface area contributed by atoms with Gasteiger partial charge in [0.2, 0.25) is 0 Å². The standard InChI is InChI=1S/C19H19F3N6O4S/c1-26-14(17(29)28(18(26)30)5-6-33(2,31)32)9-27-10-23-16(25-27)12-7-13(11-3-4-11)24-15(8-12)19(20,21)22/h7-11H,3-6H2,1-2H3/b14-9-. The Morgan fingerprint density at radius 1 is 1.21 bits per heavy atom. The van der Waals surface area contributed by atoms with Gasteiger partial charge in [-0.25, -0.2) is 27.9 Å². The van der Waals surface area contributed by atoms with E-state index in [1.165, 1.54) is 25.6 Å². The molecule has 2 aromatic heterocycles. The highest BCUT2D eigenvalue weighted by Gasteiger charge is 2.39. The molecule has 2 aliphatic rings. The molecule has 14 heteroatoms. The first-order valence-corrected chi connectivity index (χ1v) is 11.9. The van der Waals surface area contributed by atoms with Crippen molar-refractivity contribution < 1.29 is 31.2 Å². The summed E-state index contributed by atoms with van der Waals surface area (Å²) in [6, 6.07) is 1.68. The van der Waals surface area contributed by atoms with Gasteiger partial charge in [0.25, 0.3) is 5.91 Å². The molecule has 33 heavy (non-hydrogen) atoms. The second kappa shape index (κ2) is 7.93. The number of aromatic nitrogens is 4. The van der Waals surface area contributed by atoms with Crippen molar-refractivity contribution in [2.24, 2.45) is 0 Å². The van der Waals surface area contributed by atoms with Gasteiger partial charge in [0, 0.05) is 37.0 Å². The van der Waals surface area contributed by atoms with E-state index in [0.29, 0.717) is 5.69 Å². The molecule has 0 unspecified atom stereocenters. The number of urea groups is 1. The third kappa shape index (κ3) is 4.89. The van der Waals surface area contributed by atoms with Gasteiger partial charge in [-0.05, 0) is 25.0 Å². The number of nitrogens with zero attached hydrogens (tertiary/aromatic N) is 6. The largest absolute Gasteiger partial charge is 0.433 e. The van der Waals surface area contributed by atoms with E-state index in [4.69, 9.17) is 0 Å². The lowest BCUT2D eigenvalue weighted by Gasteiger charge is -2.12. The Kier molecular flexibility index (Phi) is 5.50. The van der Waals surface area contributed by atoms with Crippen LogP contribution in [0.5, 0.6) is 0 Å². The molecule has 3 heterocycles. The summed E-state index contributed by atoms with van der Waals surface area (Å²) in [4.78, 5) is 34.5. The van der Waals surface area contributed by atoms with Crippen molar-refractivity contribution in [3.8, 4) is 11.4 Å². The number of alkyl halides is 3. The predicted octanol–water partition coefficient (Wildman–Crippen LogP) is 1.97. The predicted molar refractivity (Wildman–Crippen MR) is 109 cm³/mol. The van der Waals surface area contributed by atoms with Crippen molar-refractivity contribution in [2.45, 2.75) is 24.9 Å². The van der Waals surface area contributed by atoms with Crippen LogP contribution in [0.2, 0.25) is 0 Å². The smallest absolute Gasteiger partial charge is 0.291 e. The Labute approximate surface area is 186 Å².